The number of ketones is 1. The first-order valence-electron chi connectivity index (χ1n) is 11.1. The Morgan fingerprint density at radius 2 is 1.82 bits per heavy atom. The number of amides is 4. The molecule has 2 aromatic rings. The number of rotatable bonds is 4. The molecule has 8 heteroatoms. The first-order valence-corrected chi connectivity index (χ1v) is 11.1. The van der Waals surface area contributed by atoms with E-state index < -0.39 is 11.9 Å². The lowest BCUT2D eigenvalue weighted by atomic mass is 9.81. The van der Waals surface area contributed by atoms with E-state index in [0.29, 0.717) is 36.9 Å². The Morgan fingerprint density at radius 3 is 2.64 bits per heavy atom. The Labute approximate surface area is 190 Å². The van der Waals surface area contributed by atoms with Crippen molar-refractivity contribution >= 4 is 29.4 Å². The molecule has 0 radical (unpaired) electrons. The van der Waals surface area contributed by atoms with Crippen molar-refractivity contribution in [1.82, 2.24) is 15.5 Å². The quantitative estimate of drug-likeness (QED) is 0.698. The number of imide groups is 1. The average Bonchev–Trinajstić information content (AvgIpc) is 3.13. The predicted molar refractivity (Wildman–Crippen MR) is 117 cm³/mol. The van der Waals surface area contributed by atoms with Gasteiger partial charge in [-0.1, -0.05) is 36.4 Å². The molecule has 3 aliphatic rings. The SMILES string of the molecule is O=C1CCC(N2Cc3ccc(CNC(=O)C4CCC(=O)c5ccccc54)cc3C2=O)C(=O)N1. The molecule has 0 bridgehead atoms. The number of hydrogen-bond donors (Lipinski definition) is 2. The highest BCUT2D eigenvalue weighted by Gasteiger charge is 2.39. The second-order valence-electron chi connectivity index (χ2n) is 8.71. The number of benzene rings is 2. The highest BCUT2D eigenvalue weighted by atomic mass is 16.2. The molecule has 33 heavy (non-hydrogen) atoms. The number of fused-ring (bicyclic) bond motifs is 2. The maximum absolute atomic E-state index is 13.0. The number of hydrogen-bond acceptors (Lipinski definition) is 5. The summed E-state index contributed by atoms with van der Waals surface area (Å²) < 4.78 is 0. The van der Waals surface area contributed by atoms with E-state index in [0.717, 1.165) is 16.7 Å². The van der Waals surface area contributed by atoms with Crippen LogP contribution in [0.4, 0.5) is 0 Å². The molecule has 2 heterocycles. The first kappa shape index (κ1) is 21.1. The van der Waals surface area contributed by atoms with E-state index >= 15 is 0 Å². The minimum Gasteiger partial charge on any atom is -0.351 e. The lowest BCUT2D eigenvalue weighted by Crippen LogP contribution is -2.52. The fourth-order valence-electron chi connectivity index (χ4n) is 4.92. The number of Topliss-reactive ketones (excluding diaryl/α,β-unsaturated/α-hetero) is 1. The second kappa shape index (κ2) is 8.27. The summed E-state index contributed by atoms with van der Waals surface area (Å²) in [4.78, 5) is 63.1. The van der Waals surface area contributed by atoms with Crippen LogP contribution in [0.25, 0.3) is 0 Å². The summed E-state index contributed by atoms with van der Waals surface area (Å²) in [5, 5.41) is 5.24. The van der Waals surface area contributed by atoms with E-state index in [-0.39, 0.29) is 42.4 Å². The van der Waals surface area contributed by atoms with Crippen LogP contribution >= 0.6 is 0 Å². The summed E-state index contributed by atoms with van der Waals surface area (Å²) in [7, 11) is 0. The summed E-state index contributed by atoms with van der Waals surface area (Å²) in [6, 6.07) is 12.0. The fourth-order valence-corrected chi connectivity index (χ4v) is 4.92. The third-order valence-electron chi connectivity index (χ3n) is 6.67. The van der Waals surface area contributed by atoms with E-state index in [1.807, 2.05) is 24.3 Å². The molecule has 1 fully saturated rings. The largest absolute Gasteiger partial charge is 0.351 e. The topological polar surface area (TPSA) is 113 Å². The number of carbonyl (C=O) groups is 5. The third kappa shape index (κ3) is 3.82. The second-order valence-corrected chi connectivity index (χ2v) is 8.71. The van der Waals surface area contributed by atoms with Gasteiger partial charge in [0.15, 0.2) is 5.78 Å². The molecule has 0 aromatic heterocycles. The molecule has 2 aromatic carbocycles. The van der Waals surface area contributed by atoms with Gasteiger partial charge in [-0.15, -0.1) is 0 Å². The normalized spacial score (nSPS) is 22.0. The van der Waals surface area contributed by atoms with Gasteiger partial charge in [-0.25, -0.2) is 0 Å². The Balaban J connectivity index is 1.27. The molecule has 2 unspecified atom stereocenters. The Hall–Kier alpha value is -3.81. The molecular weight excluding hydrogens is 422 g/mol. The van der Waals surface area contributed by atoms with Crippen LogP contribution in [0.15, 0.2) is 42.5 Å². The van der Waals surface area contributed by atoms with Crippen LogP contribution in [0, 0.1) is 0 Å². The number of carbonyl (C=O) groups excluding carboxylic acids is 5. The zero-order valence-electron chi connectivity index (χ0n) is 17.9. The van der Waals surface area contributed by atoms with Gasteiger partial charge in [0.1, 0.15) is 6.04 Å². The highest BCUT2D eigenvalue weighted by Crippen LogP contribution is 2.32. The number of nitrogens with one attached hydrogen (secondary N) is 2. The van der Waals surface area contributed by atoms with Crippen molar-refractivity contribution in [1.29, 1.82) is 0 Å². The molecule has 168 valence electrons. The van der Waals surface area contributed by atoms with Gasteiger partial charge in [0.25, 0.3) is 5.91 Å². The van der Waals surface area contributed by atoms with Gasteiger partial charge in [0.2, 0.25) is 17.7 Å². The number of nitrogens with zero attached hydrogens (tertiary/aromatic N) is 1. The van der Waals surface area contributed by atoms with E-state index in [1.165, 1.54) is 4.90 Å². The van der Waals surface area contributed by atoms with Crippen LogP contribution in [-0.4, -0.2) is 40.4 Å². The van der Waals surface area contributed by atoms with Gasteiger partial charge in [-0.3, -0.25) is 29.3 Å². The standard InChI is InChI=1S/C25H23N3O5/c29-21-9-7-18(16-3-1-2-4-17(16)21)23(31)26-12-14-5-6-15-13-28(25(33)19(15)11-14)20-8-10-22(30)27-24(20)32/h1-6,11,18,20H,7-10,12-13H2,(H,26,31)(H,27,30,32). The minimum atomic E-state index is -0.653. The summed E-state index contributed by atoms with van der Waals surface area (Å²) in [5.74, 6) is -1.46. The van der Waals surface area contributed by atoms with Gasteiger partial charge in [0.05, 0.1) is 5.92 Å². The van der Waals surface area contributed by atoms with Gasteiger partial charge >= 0.3 is 0 Å². The van der Waals surface area contributed by atoms with Crippen molar-refractivity contribution in [3.63, 3.8) is 0 Å². The molecule has 2 aliphatic heterocycles. The van der Waals surface area contributed by atoms with Crippen molar-refractivity contribution in [3.8, 4) is 0 Å². The third-order valence-corrected chi connectivity index (χ3v) is 6.67. The maximum Gasteiger partial charge on any atom is 0.255 e. The Kier molecular flexibility index (Phi) is 5.28. The summed E-state index contributed by atoms with van der Waals surface area (Å²) >= 11 is 0. The zero-order valence-corrected chi connectivity index (χ0v) is 17.9. The summed E-state index contributed by atoms with van der Waals surface area (Å²) in [6.45, 7) is 0.574. The van der Waals surface area contributed by atoms with Crippen LogP contribution in [0.5, 0.6) is 0 Å². The van der Waals surface area contributed by atoms with Gasteiger partial charge in [-0.05, 0) is 35.6 Å². The van der Waals surface area contributed by atoms with Crippen molar-refractivity contribution in [2.75, 3.05) is 0 Å². The monoisotopic (exact) mass is 445 g/mol. The van der Waals surface area contributed by atoms with Crippen LogP contribution in [-0.2, 0) is 27.5 Å². The Bertz CT molecular complexity index is 1200. The molecule has 0 spiro atoms. The zero-order chi connectivity index (χ0) is 23.1. The van der Waals surface area contributed by atoms with E-state index in [2.05, 4.69) is 10.6 Å². The molecule has 1 saturated heterocycles. The van der Waals surface area contributed by atoms with E-state index in [4.69, 9.17) is 0 Å². The average molecular weight is 445 g/mol. The summed E-state index contributed by atoms with van der Waals surface area (Å²) in [6.07, 6.45) is 1.35. The van der Waals surface area contributed by atoms with E-state index in [9.17, 15) is 24.0 Å². The van der Waals surface area contributed by atoms with Gasteiger partial charge < -0.3 is 10.2 Å². The van der Waals surface area contributed by atoms with Crippen molar-refractivity contribution in [2.24, 2.45) is 0 Å². The Morgan fingerprint density at radius 1 is 1.00 bits per heavy atom. The maximum atomic E-state index is 13.0. The molecule has 0 saturated carbocycles. The predicted octanol–water partition coefficient (Wildman–Crippen LogP) is 1.82. The smallest absolute Gasteiger partial charge is 0.255 e. The fraction of sp³-hybridized carbons (Fsp3) is 0.320. The van der Waals surface area contributed by atoms with E-state index in [1.54, 1.807) is 18.2 Å². The molecule has 8 nitrogen and oxygen atoms in total. The molecule has 1 aliphatic carbocycles. The molecule has 2 atom stereocenters. The van der Waals surface area contributed by atoms with Crippen LogP contribution in [0.3, 0.4) is 0 Å². The van der Waals surface area contributed by atoms with Crippen LogP contribution in [0.1, 0.15) is 69.0 Å². The van der Waals surface area contributed by atoms with Crippen molar-refractivity contribution < 1.29 is 24.0 Å². The molecule has 5 rings (SSSR count). The number of piperidine rings is 1. The highest BCUT2D eigenvalue weighted by molar-refractivity contribution is 6.05. The lowest BCUT2D eigenvalue weighted by molar-refractivity contribution is -0.137. The summed E-state index contributed by atoms with van der Waals surface area (Å²) in [5.41, 5.74) is 3.48. The van der Waals surface area contributed by atoms with Crippen molar-refractivity contribution in [3.05, 3.63) is 70.3 Å². The molecule has 4 amide bonds. The van der Waals surface area contributed by atoms with Crippen LogP contribution in [0.2, 0.25) is 0 Å². The van der Waals surface area contributed by atoms with Crippen LogP contribution < -0.4 is 10.6 Å². The van der Waals surface area contributed by atoms with Gasteiger partial charge in [-0.2, -0.15) is 0 Å². The molecule has 2 N–H and O–H groups in total. The van der Waals surface area contributed by atoms with Gasteiger partial charge in [0, 0.05) is 37.1 Å². The first-order chi connectivity index (χ1) is 15.9. The molecular formula is C25H23N3O5. The lowest BCUT2D eigenvalue weighted by Gasteiger charge is -2.29. The minimum absolute atomic E-state index is 0.0624. The van der Waals surface area contributed by atoms with Crippen molar-refractivity contribution in [2.45, 2.75) is 50.7 Å².